The molecular weight excluding hydrogens is 375 g/mol. The summed E-state index contributed by atoms with van der Waals surface area (Å²) in [6, 6.07) is 7.54. The summed E-state index contributed by atoms with van der Waals surface area (Å²) in [5.41, 5.74) is -0.583. The Morgan fingerprint density at radius 1 is 1.21 bits per heavy atom. The Morgan fingerprint density at radius 3 is 2.61 bits per heavy atom. The number of nitrogens with zero attached hydrogens (tertiary/aromatic N) is 1. The zero-order valence-electron chi connectivity index (χ0n) is 15.3. The number of hydrogen-bond acceptors (Lipinski definition) is 4. The van der Waals surface area contributed by atoms with Gasteiger partial charge in [0.25, 0.3) is 5.91 Å². The third kappa shape index (κ3) is 4.94. The van der Waals surface area contributed by atoms with E-state index in [-0.39, 0.29) is 30.2 Å². The summed E-state index contributed by atoms with van der Waals surface area (Å²) < 4.78 is 49.1. The van der Waals surface area contributed by atoms with Crippen LogP contribution in [-0.4, -0.2) is 36.5 Å². The number of carbonyl (C=O) groups is 2. The summed E-state index contributed by atoms with van der Waals surface area (Å²) in [6.45, 7) is 2.11. The maximum Gasteiger partial charge on any atom is 0.416 e. The van der Waals surface area contributed by atoms with Crippen LogP contribution in [0.25, 0.3) is 11.3 Å². The highest BCUT2D eigenvalue weighted by Crippen LogP contribution is 2.33. The predicted molar refractivity (Wildman–Crippen MR) is 94.4 cm³/mol. The molecule has 150 valence electrons. The Hall–Kier alpha value is -2.77. The highest BCUT2D eigenvalue weighted by Gasteiger charge is 2.32. The van der Waals surface area contributed by atoms with Crippen LogP contribution in [0.2, 0.25) is 0 Å². The van der Waals surface area contributed by atoms with Gasteiger partial charge in [0.1, 0.15) is 12.3 Å². The smallest absolute Gasteiger partial charge is 0.416 e. The summed E-state index contributed by atoms with van der Waals surface area (Å²) in [7, 11) is 0. The van der Waals surface area contributed by atoms with E-state index in [0.717, 1.165) is 25.0 Å². The van der Waals surface area contributed by atoms with Gasteiger partial charge >= 0.3 is 12.1 Å². The van der Waals surface area contributed by atoms with Crippen LogP contribution in [0, 0.1) is 5.92 Å². The van der Waals surface area contributed by atoms with Gasteiger partial charge in [-0.3, -0.25) is 9.59 Å². The molecule has 2 aromatic rings. The molecule has 0 aliphatic heterocycles. The molecule has 1 fully saturated rings. The number of rotatable bonds is 7. The molecule has 1 aliphatic carbocycles. The molecule has 0 saturated heterocycles. The molecule has 0 atom stereocenters. The topological polar surface area (TPSA) is 59.8 Å². The van der Waals surface area contributed by atoms with Crippen LogP contribution in [0.4, 0.5) is 13.2 Å². The molecule has 5 nitrogen and oxygen atoms in total. The standard InChI is InChI=1S/C20H20F3NO4/c1-2-27-18(25)12-24(11-13-6-7-13)19(26)17-9-8-16(28-17)14-4-3-5-15(10-14)20(21,22)23/h3-5,8-10,13H,2,6-7,11-12H2,1H3. The van der Waals surface area contributed by atoms with Crippen LogP contribution in [0.1, 0.15) is 35.9 Å². The Balaban J connectivity index is 1.79. The molecule has 0 bridgehead atoms. The van der Waals surface area contributed by atoms with E-state index in [9.17, 15) is 22.8 Å². The molecule has 0 unspecified atom stereocenters. The van der Waals surface area contributed by atoms with E-state index >= 15 is 0 Å². The number of ether oxygens (including phenoxy) is 1. The normalized spacial score (nSPS) is 14.0. The van der Waals surface area contributed by atoms with Gasteiger partial charge in [-0.05, 0) is 49.9 Å². The minimum Gasteiger partial charge on any atom is -0.465 e. The van der Waals surface area contributed by atoms with Gasteiger partial charge in [0.2, 0.25) is 0 Å². The van der Waals surface area contributed by atoms with Crippen molar-refractivity contribution in [3.05, 3.63) is 47.7 Å². The van der Waals surface area contributed by atoms with Crippen LogP contribution in [0.15, 0.2) is 40.8 Å². The molecule has 1 aromatic carbocycles. The lowest BCUT2D eigenvalue weighted by Gasteiger charge is -2.20. The number of furan rings is 1. The molecule has 0 spiro atoms. The van der Waals surface area contributed by atoms with Crippen molar-refractivity contribution >= 4 is 11.9 Å². The average molecular weight is 395 g/mol. The first kappa shape index (κ1) is 20.0. The first-order valence-electron chi connectivity index (χ1n) is 9.00. The number of hydrogen-bond donors (Lipinski definition) is 0. The molecule has 1 amide bonds. The maximum atomic E-state index is 12.9. The monoisotopic (exact) mass is 395 g/mol. The summed E-state index contributed by atoms with van der Waals surface area (Å²) in [4.78, 5) is 25.9. The Kier molecular flexibility index (Phi) is 5.76. The molecule has 3 rings (SSSR count). The fourth-order valence-corrected chi connectivity index (χ4v) is 2.81. The van der Waals surface area contributed by atoms with Crippen LogP contribution >= 0.6 is 0 Å². The first-order valence-corrected chi connectivity index (χ1v) is 9.00. The van der Waals surface area contributed by atoms with E-state index < -0.39 is 23.6 Å². The zero-order valence-corrected chi connectivity index (χ0v) is 15.3. The molecule has 1 heterocycles. The number of carbonyl (C=O) groups excluding carboxylic acids is 2. The Labute approximate surface area is 160 Å². The number of alkyl halides is 3. The Bertz CT molecular complexity index is 855. The third-order valence-electron chi connectivity index (χ3n) is 4.38. The van der Waals surface area contributed by atoms with Crippen LogP contribution in [0.3, 0.4) is 0 Å². The summed E-state index contributed by atoms with van der Waals surface area (Å²) in [6.07, 6.45) is -2.50. The number of esters is 1. The van der Waals surface area contributed by atoms with Gasteiger partial charge in [-0.15, -0.1) is 0 Å². The lowest BCUT2D eigenvalue weighted by atomic mass is 10.1. The van der Waals surface area contributed by atoms with Crippen molar-refractivity contribution in [2.45, 2.75) is 25.9 Å². The van der Waals surface area contributed by atoms with Gasteiger partial charge < -0.3 is 14.1 Å². The van der Waals surface area contributed by atoms with E-state index in [1.54, 1.807) is 6.92 Å². The van der Waals surface area contributed by atoms with Gasteiger partial charge in [-0.25, -0.2) is 0 Å². The molecule has 28 heavy (non-hydrogen) atoms. The van der Waals surface area contributed by atoms with Crippen molar-refractivity contribution in [3.8, 4) is 11.3 Å². The van der Waals surface area contributed by atoms with E-state index in [2.05, 4.69) is 0 Å². The summed E-state index contributed by atoms with van der Waals surface area (Å²) in [5, 5.41) is 0. The lowest BCUT2D eigenvalue weighted by molar-refractivity contribution is -0.144. The summed E-state index contributed by atoms with van der Waals surface area (Å²) >= 11 is 0. The fourth-order valence-electron chi connectivity index (χ4n) is 2.81. The SMILES string of the molecule is CCOC(=O)CN(CC1CC1)C(=O)c1ccc(-c2cccc(C(F)(F)F)c2)o1. The van der Waals surface area contributed by atoms with Crippen molar-refractivity contribution < 1.29 is 31.9 Å². The van der Waals surface area contributed by atoms with Gasteiger partial charge in [-0.1, -0.05) is 12.1 Å². The molecule has 0 radical (unpaired) electrons. The fraction of sp³-hybridized carbons (Fsp3) is 0.400. The highest BCUT2D eigenvalue weighted by atomic mass is 19.4. The van der Waals surface area contributed by atoms with Crippen molar-refractivity contribution in [1.29, 1.82) is 0 Å². The quantitative estimate of drug-likeness (QED) is 0.653. The second-order valence-corrected chi connectivity index (χ2v) is 6.68. The van der Waals surface area contributed by atoms with Gasteiger partial charge in [0.05, 0.1) is 12.2 Å². The van der Waals surface area contributed by atoms with Crippen molar-refractivity contribution in [3.63, 3.8) is 0 Å². The van der Waals surface area contributed by atoms with Gasteiger partial charge in [0.15, 0.2) is 5.76 Å². The average Bonchev–Trinajstić information content (AvgIpc) is 3.32. The minimum atomic E-state index is -4.47. The van der Waals surface area contributed by atoms with E-state index in [1.807, 2.05) is 0 Å². The number of benzene rings is 1. The molecular formula is C20H20F3NO4. The van der Waals surface area contributed by atoms with Gasteiger partial charge in [0, 0.05) is 12.1 Å². The molecule has 0 N–H and O–H groups in total. The Morgan fingerprint density at radius 2 is 1.96 bits per heavy atom. The maximum absolute atomic E-state index is 12.9. The molecule has 1 saturated carbocycles. The second kappa shape index (κ2) is 8.08. The first-order chi connectivity index (χ1) is 13.3. The van der Waals surface area contributed by atoms with E-state index in [1.165, 1.54) is 29.2 Å². The molecule has 1 aliphatic rings. The third-order valence-corrected chi connectivity index (χ3v) is 4.38. The number of amides is 1. The van der Waals surface area contributed by atoms with E-state index in [4.69, 9.17) is 9.15 Å². The van der Waals surface area contributed by atoms with Crippen LogP contribution in [-0.2, 0) is 15.7 Å². The van der Waals surface area contributed by atoms with Crippen LogP contribution < -0.4 is 0 Å². The van der Waals surface area contributed by atoms with E-state index in [0.29, 0.717) is 12.5 Å². The van der Waals surface area contributed by atoms with Gasteiger partial charge in [-0.2, -0.15) is 13.2 Å². The van der Waals surface area contributed by atoms with Crippen molar-refractivity contribution in [2.75, 3.05) is 19.7 Å². The highest BCUT2D eigenvalue weighted by molar-refractivity contribution is 5.94. The zero-order chi connectivity index (χ0) is 20.3. The van der Waals surface area contributed by atoms with Crippen LogP contribution in [0.5, 0.6) is 0 Å². The minimum absolute atomic E-state index is 0.0302. The predicted octanol–water partition coefficient (Wildman–Crippen LogP) is 4.38. The van der Waals surface area contributed by atoms with Crippen molar-refractivity contribution in [2.24, 2.45) is 5.92 Å². The lowest BCUT2D eigenvalue weighted by Crippen LogP contribution is -2.37. The molecule has 1 aromatic heterocycles. The van der Waals surface area contributed by atoms with Crippen molar-refractivity contribution in [1.82, 2.24) is 4.90 Å². The molecule has 8 heteroatoms. The summed E-state index contributed by atoms with van der Waals surface area (Å²) in [5.74, 6) is -0.537. The number of halogens is 3. The largest absolute Gasteiger partial charge is 0.465 e. The second-order valence-electron chi connectivity index (χ2n) is 6.68.